The summed E-state index contributed by atoms with van der Waals surface area (Å²) in [5.74, 6) is -5.42. The van der Waals surface area contributed by atoms with Gasteiger partial charge in [-0.05, 0) is 52.7 Å². The van der Waals surface area contributed by atoms with Gasteiger partial charge in [-0.2, -0.15) is 0 Å². The molecule has 1 atom stereocenters. The van der Waals surface area contributed by atoms with Crippen LogP contribution in [0.25, 0.3) is 0 Å². The average Bonchev–Trinajstić information content (AvgIpc) is 3.02. The van der Waals surface area contributed by atoms with Crippen molar-refractivity contribution in [1.82, 2.24) is 10.2 Å². The molecule has 5 amide bonds. The Morgan fingerprint density at radius 1 is 1.12 bits per heavy atom. The first kappa shape index (κ1) is 22.5. The predicted molar refractivity (Wildman–Crippen MR) is 111 cm³/mol. The Morgan fingerprint density at radius 3 is 2.58 bits per heavy atom. The zero-order chi connectivity index (χ0) is 23.9. The van der Waals surface area contributed by atoms with E-state index >= 15 is 0 Å². The summed E-state index contributed by atoms with van der Waals surface area (Å²) >= 11 is 2.90. The molecule has 170 valence electrons. The fraction of sp³-hybridized carbons (Fsp3) is 0.190. The topological polar surface area (TPSA) is 122 Å². The molecule has 1 unspecified atom stereocenters. The first-order valence-electron chi connectivity index (χ1n) is 9.59. The second-order valence-electron chi connectivity index (χ2n) is 7.21. The Hall–Kier alpha value is -3.67. The first-order valence-corrected chi connectivity index (χ1v) is 10.4. The SMILES string of the molecule is O=C1CCC(N2C(=O)c3ccc(OCC(=O)Nc4c(F)ccc(Br)c4F)cc3C2=O)C(=O)N1. The lowest BCUT2D eigenvalue weighted by Gasteiger charge is -2.27. The molecule has 0 radical (unpaired) electrons. The van der Waals surface area contributed by atoms with Gasteiger partial charge in [0.15, 0.2) is 12.4 Å². The molecule has 1 fully saturated rings. The van der Waals surface area contributed by atoms with Crippen LogP contribution in [0, 0.1) is 11.6 Å². The number of carbonyl (C=O) groups excluding carboxylic acids is 5. The first-order chi connectivity index (χ1) is 15.7. The molecule has 2 aromatic carbocycles. The number of nitrogens with zero attached hydrogens (tertiary/aromatic N) is 1. The molecule has 4 rings (SSSR count). The van der Waals surface area contributed by atoms with Crippen LogP contribution in [0.1, 0.15) is 33.6 Å². The highest BCUT2D eigenvalue weighted by Crippen LogP contribution is 2.30. The van der Waals surface area contributed by atoms with Crippen LogP contribution in [0.15, 0.2) is 34.8 Å². The number of piperidine rings is 1. The largest absolute Gasteiger partial charge is 0.484 e. The van der Waals surface area contributed by atoms with Crippen molar-refractivity contribution in [1.29, 1.82) is 0 Å². The Kier molecular flexibility index (Phi) is 5.93. The number of anilines is 1. The van der Waals surface area contributed by atoms with Gasteiger partial charge >= 0.3 is 0 Å². The van der Waals surface area contributed by atoms with Crippen LogP contribution in [0.2, 0.25) is 0 Å². The zero-order valence-corrected chi connectivity index (χ0v) is 18.2. The van der Waals surface area contributed by atoms with E-state index in [1.165, 1.54) is 18.2 Å². The van der Waals surface area contributed by atoms with Crippen molar-refractivity contribution in [2.24, 2.45) is 0 Å². The van der Waals surface area contributed by atoms with E-state index in [1.807, 2.05) is 0 Å². The second kappa shape index (κ2) is 8.70. The molecule has 0 aromatic heterocycles. The summed E-state index contributed by atoms with van der Waals surface area (Å²) in [7, 11) is 0. The lowest BCUT2D eigenvalue weighted by molar-refractivity contribution is -0.136. The zero-order valence-electron chi connectivity index (χ0n) is 16.6. The molecular formula is C21H14BrF2N3O6. The molecular weight excluding hydrogens is 508 g/mol. The van der Waals surface area contributed by atoms with Crippen molar-refractivity contribution in [3.8, 4) is 5.75 Å². The highest BCUT2D eigenvalue weighted by atomic mass is 79.9. The fourth-order valence-corrected chi connectivity index (χ4v) is 3.84. The molecule has 0 saturated carbocycles. The summed E-state index contributed by atoms with van der Waals surface area (Å²) in [4.78, 5) is 61.8. The van der Waals surface area contributed by atoms with Gasteiger partial charge in [0, 0.05) is 6.42 Å². The molecule has 2 aliphatic heterocycles. The number of imide groups is 2. The quantitative estimate of drug-likeness (QED) is 0.459. The fourth-order valence-electron chi connectivity index (χ4n) is 3.51. The number of benzene rings is 2. The van der Waals surface area contributed by atoms with Gasteiger partial charge in [-0.15, -0.1) is 0 Å². The van der Waals surface area contributed by atoms with E-state index in [2.05, 4.69) is 26.6 Å². The molecule has 9 nitrogen and oxygen atoms in total. The van der Waals surface area contributed by atoms with E-state index in [9.17, 15) is 32.8 Å². The van der Waals surface area contributed by atoms with E-state index < -0.39 is 59.5 Å². The number of carbonyl (C=O) groups is 5. The highest BCUT2D eigenvalue weighted by Gasteiger charge is 2.44. The third-order valence-electron chi connectivity index (χ3n) is 5.09. The molecule has 0 bridgehead atoms. The van der Waals surface area contributed by atoms with E-state index in [0.717, 1.165) is 17.0 Å². The maximum atomic E-state index is 14.0. The number of hydrogen-bond acceptors (Lipinski definition) is 6. The maximum absolute atomic E-state index is 14.0. The third-order valence-corrected chi connectivity index (χ3v) is 5.70. The monoisotopic (exact) mass is 521 g/mol. The number of amides is 5. The van der Waals surface area contributed by atoms with Gasteiger partial charge in [0.05, 0.1) is 15.6 Å². The van der Waals surface area contributed by atoms with E-state index in [4.69, 9.17) is 4.74 Å². The molecule has 0 aliphatic carbocycles. The van der Waals surface area contributed by atoms with Gasteiger partial charge in [0.2, 0.25) is 11.8 Å². The number of hydrogen-bond donors (Lipinski definition) is 2. The van der Waals surface area contributed by atoms with Crippen LogP contribution in [0.4, 0.5) is 14.5 Å². The normalized spacial score (nSPS) is 17.7. The van der Waals surface area contributed by atoms with Crippen LogP contribution >= 0.6 is 15.9 Å². The van der Waals surface area contributed by atoms with E-state index in [1.54, 1.807) is 0 Å². The van der Waals surface area contributed by atoms with Gasteiger partial charge in [-0.3, -0.25) is 34.2 Å². The minimum absolute atomic E-state index is 0.00748. The summed E-state index contributed by atoms with van der Waals surface area (Å²) < 4.78 is 33.0. The Morgan fingerprint density at radius 2 is 1.85 bits per heavy atom. The molecule has 33 heavy (non-hydrogen) atoms. The standard InChI is InChI=1S/C21H14BrF2N3O6/c22-12-3-4-13(23)18(17(12)24)25-16(29)8-33-9-1-2-10-11(7-9)21(32)27(20(10)31)14-5-6-15(28)26-19(14)30/h1-4,7,14H,5-6,8H2,(H,25,29)(H,26,28,30). The summed E-state index contributed by atoms with van der Waals surface area (Å²) in [6.07, 6.45) is 0.00877. The summed E-state index contributed by atoms with van der Waals surface area (Å²) in [5.41, 5.74) is -0.640. The molecule has 12 heteroatoms. The molecule has 2 aliphatic rings. The van der Waals surface area contributed by atoms with Crippen LogP contribution in [-0.4, -0.2) is 47.1 Å². The van der Waals surface area contributed by atoms with Crippen molar-refractivity contribution in [3.05, 3.63) is 57.6 Å². The molecule has 1 saturated heterocycles. The highest BCUT2D eigenvalue weighted by molar-refractivity contribution is 9.10. The van der Waals surface area contributed by atoms with Crippen molar-refractivity contribution in [2.75, 3.05) is 11.9 Å². The molecule has 2 N–H and O–H groups in total. The Labute approximate surface area is 193 Å². The molecule has 0 spiro atoms. The van der Waals surface area contributed by atoms with Crippen LogP contribution in [0.3, 0.4) is 0 Å². The minimum Gasteiger partial charge on any atom is -0.484 e. The number of nitrogens with one attached hydrogen (secondary N) is 2. The van der Waals surface area contributed by atoms with Crippen molar-refractivity contribution in [3.63, 3.8) is 0 Å². The van der Waals surface area contributed by atoms with Crippen LogP contribution < -0.4 is 15.4 Å². The number of halogens is 3. The average molecular weight is 522 g/mol. The summed E-state index contributed by atoms with van der Waals surface area (Å²) in [6, 6.07) is 4.89. The summed E-state index contributed by atoms with van der Waals surface area (Å²) in [5, 5.41) is 4.17. The Bertz CT molecular complexity index is 1230. The van der Waals surface area contributed by atoms with E-state index in [-0.39, 0.29) is 34.2 Å². The predicted octanol–water partition coefficient (Wildman–Crippen LogP) is 2.15. The third kappa shape index (κ3) is 4.21. The van der Waals surface area contributed by atoms with E-state index in [0.29, 0.717) is 0 Å². The van der Waals surface area contributed by atoms with Crippen molar-refractivity contribution >= 4 is 51.2 Å². The number of ether oxygens (including phenoxy) is 1. The second-order valence-corrected chi connectivity index (χ2v) is 8.06. The smallest absolute Gasteiger partial charge is 0.262 e. The minimum atomic E-state index is -1.11. The van der Waals surface area contributed by atoms with Gasteiger partial charge in [-0.25, -0.2) is 8.78 Å². The number of rotatable bonds is 5. The Balaban J connectivity index is 1.45. The van der Waals surface area contributed by atoms with Crippen molar-refractivity contribution in [2.45, 2.75) is 18.9 Å². The maximum Gasteiger partial charge on any atom is 0.262 e. The van der Waals surface area contributed by atoms with Crippen molar-refractivity contribution < 1.29 is 37.5 Å². The summed E-state index contributed by atoms with van der Waals surface area (Å²) in [6.45, 7) is -0.636. The van der Waals surface area contributed by atoms with Gasteiger partial charge < -0.3 is 10.1 Å². The van der Waals surface area contributed by atoms with Gasteiger partial charge in [0.1, 0.15) is 23.3 Å². The molecule has 2 heterocycles. The molecule has 2 aromatic rings. The van der Waals surface area contributed by atoms with Gasteiger partial charge in [0.25, 0.3) is 17.7 Å². The lowest BCUT2D eigenvalue weighted by atomic mass is 10.0. The lowest BCUT2D eigenvalue weighted by Crippen LogP contribution is -2.54. The number of fused-ring (bicyclic) bond motifs is 1. The van der Waals surface area contributed by atoms with Crippen LogP contribution in [0.5, 0.6) is 5.75 Å². The van der Waals surface area contributed by atoms with Gasteiger partial charge in [-0.1, -0.05) is 0 Å². The van der Waals surface area contributed by atoms with Crippen LogP contribution in [-0.2, 0) is 14.4 Å².